The lowest BCUT2D eigenvalue weighted by Gasteiger charge is -2.22. The van der Waals surface area contributed by atoms with Crippen molar-refractivity contribution in [3.05, 3.63) is 0 Å². The molecule has 0 radical (unpaired) electrons. The van der Waals surface area contributed by atoms with Crippen LogP contribution >= 0.6 is 0 Å². The summed E-state index contributed by atoms with van der Waals surface area (Å²) in [5.41, 5.74) is 0. The summed E-state index contributed by atoms with van der Waals surface area (Å²) in [6, 6.07) is 2.44. The first-order valence-electron chi connectivity index (χ1n) is 13.2. The van der Waals surface area contributed by atoms with Gasteiger partial charge in [-0.05, 0) is 25.9 Å². The van der Waals surface area contributed by atoms with Gasteiger partial charge in [0.15, 0.2) is 0 Å². The van der Waals surface area contributed by atoms with Gasteiger partial charge in [-0.2, -0.15) is 8.42 Å². The molecule has 0 aliphatic carbocycles. The third-order valence-electron chi connectivity index (χ3n) is 4.82. The van der Waals surface area contributed by atoms with Crippen molar-refractivity contribution in [2.75, 3.05) is 51.8 Å². The number of nitrogens with zero attached hydrogens (tertiary/aromatic N) is 1. The van der Waals surface area contributed by atoms with Crippen molar-refractivity contribution in [1.82, 2.24) is 4.90 Å². The Bertz CT molecular complexity index is 563. The van der Waals surface area contributed by atoms with Crippen molar-refractivity contribution in [2.45, 2.75) is 104 Å². The number of aliphatic hydroxyl groups excluding tert-OH is 2. The third-order valence-corrected chi connectivity index (χ3v) is 9.33. The Kier molecular flexibility index (Phi) is 25.1. The summed E-state index contributed by atoms with van der Waals surface area (Å²) in [5, 5.41) is 19.0. The molecule has 8 nitrogen and oxygen atoms in total. The van der Waals surface area contributed by atoms with E-state index < -0.39 is 38.1 Å². The predicted octanol–water partition coefficient (Wildman–Crippen LogP) is 4.44. The molecular weight excluding hydrogens is 503 g/mol. The minimum Gasteiger partial charge on any atom is -0.390 e. The molecule has 0 aromatic heterocycles. The van der Waals surface area contributed by atoms with E-state index in [-0.39, 0.29) is 12.7 Å². The lowest BCUT2D eigenvalue weighted by atomic mass is 10.3. The van der Waals surface area contributed by atoms with Crippen LogP contribution in [0.1, 0.15) is 40.5 Å². The van der Waals surface area contributed by atoms with E-state index >= 15 is 0 Å². The molecule has 0 saturated carbocycles. The molecule has 0 aromatic carbocycles. The zero-order valence-electron chi connectivity index (χ0n) is 24.5. The molecular formula is C24H59NO7SSi2. The summed E-state index contributed by atoms with van der Waals surface area (Å²) in [6.07, 6.45) is 0.561. The van der Waals surface area contributed by atoms with Gasteiger partial charge < -0.3 is 24.6 Å². The van der Waals surface area contributed by atoms with Crippen LogP contribution in [0, 0.1) is 0 Å². The summed E-state index contributed by atoms with van der Waals surface area (Å²) < 4.78 is 39.9. The summed E-state index contributed by atoms with van der Waals surface area (Å²) in [7, 11) is -6.09. The van der Waals surface area contributed by atoms with Crippen LogP contribution in [0.2, 0.25) is 51.4 Å². The third kappa shape index (κ3) is 36.4. The Labute approximate surface area is 219 Å². The van der Waals surface area contributed by atoms with E-state index in [1.54, 1.807) is 0 Å². The van der Waals surface area contributed by atoms with E-state index in [1.807, 2.05) is 13.8 Å². The van der Waals surface area contributed by atoms with Crippen molar-refractivity contribution in [2.24, 2.45) is 0 Å². The molecule has 2 atom stereocenters. The molecule has 0 spiro atoms. The van der Waals surface area contributed by atoms with Gasteiger partial charge in [0.25, 0.3) is 10.1 Å². The average Bonchev–Trinajstić information content (AvgIpc) is 2.70. The minimum atomic E-state index is -4.11. The van der Waals surface area contributed by atoms with E-state index in [1.165, 1.54) is 6.04 Å². The Hall–Kier alpha value is 0.144. The number of aliphatic hydroxyl groups is 2. The van der Waals surface area contributed by atoms with Gasteiger partial charge in [-0.25, -0.2) is 0 Å². The molecule has 216 valence electrons. The Balaban J connectivity index is -0.000000547. The Morgan fingerprint density at radius 1 is 0.771 bits per heavy atom. The molecule has 0 amide bonds. The fourth-order valence-electron chi connectivity index (χ4n) is 2.97. The molecule has 11 heteroatoms. The summed E-state index contributed by atoms with van der Waals surface area (Å²) in [4.78, 5) is 2.22. The molecule has 0 bridgehead atoms. The normalized spacial score (nSPS) is 14.0. The van der Waals surface area contributed by atoms with E-state index in [0.29, 0.717) is 13.2 Å². The zero-order chi connectivity index (χ0) is 28.1. The maximum Gasteiger partial charge on any atom is 0.267 e. The predicted molar refractivity (Wildman–Crippen MR) is 155 cm³/mol. The van der Waals surface area contributed by atoms with Gasteiger partial charge in [0.1, 0.15) is 5.75 Å². The number of hydrogen-bond acceptors (Lipinski definition) is 7. The smallest absolute Gasteiger partial charge is 0.267 e. The van der Waals surface area contributed by atoms with Gasteiger partial charge in [-0.15, -0.1) is 0 Å². The quantitative estimate of drug-likeness (QED) is 0.128. The second kappa shape index (κ2) is 22.2. The number of ether oxygens (including phenoxy) is 2. The highest BCUT2D eigenvalue weighted by Gasteiger charge is 2.15. The molecule has 0 fully saturated rings. The maximum absolute atomic E-state index is 10.4. The van der Waals surface area contributed by atoms with Gasteiger partial charge >= 0.3 is 0 Å². The van der Waals surface area contributed by atoms with Gasteiger partial charge in [0.2, 0.25) is 0 Å². The Morgan fingerprint density at radius 2 is 1.14 bits per heavy atom. The van der Waals surface area contributed by atoms with Crippen molar-refractivity contribution in [1.29, 1.82) is 0 Å². The molecule has 0 saturated heterocycles. The number of hydrogen-bond donors (Lipinski definition) is 3. The SMILES string of the molecule is CC.CCN(CC)CC(O)COCCC[Si](C)(C)C.C[Si](C)(C)CCCOCC(O)CS(=O)(=O)O. The van der Waals surface area contributed by atoms with Crippen LogP contribution in [0.25, 0.3) is 0 Å². The number of likely N-dealkylation sites (N-methyl/N-ethyl adjacent to an activating group) is 1. The average molecular weight is 562 g/mol. The molecule has 0 rings (SSSR count). The fraction of sp³-hybridized carbons (Fsp3) is 1.00. The highest BCUT2D eigenvalue weighted by atomic mass is 32.2. The molecule has 0 aliphatic rings. The molecule has 0 heterocycles. The van der Waals surface area contributed by atoms with E-state index in [0.717, 1.165) is 45.1 Å². The van der Waals surface area contributed by atoms with Gasteiger partial charge in [0.05, 0.1) is 25.4 Å². The van der Waals surface area contributed by atoms with Crippen molar-refractivity contribution >= 4 is 26.3 Å². The highest BCUT2D eigenvalue weighted by molar-refractivity contribution is 7.85. The molecule has 0 aromatic rings. The van der Waals surface area contributed by atoms with Crippen LogP contribution in [0.3, 0.4) is 0 Å². The first kappa shape index (κ1) is 39.7. The molecule has 0 aliphatic heterocycles. The van der Waals surface area contributed by atoms with E-state index in [2.05, 4.69) is 58.0 Å². The molecule has 35 heavy (non-hydrogen) atoms. The van der Waals surface area contributed by atoms with Crippen molar-refractivity contribution < 1.29 is 32.7 Å². The fourth-order valence-corrected chi connectivity index (χ4v) is 5.96. The monoisotopic (exact) mass is 561 g/mol. The first-order chi connectivity index (χ1) is 16.0. The van der Waals surface area contributed by atoms with Gasteiger partial charge in [0, 0.05) is 35.9 Å². The standard InChI is InChI=1S/C13H31NO2Si.C9H22O5SSi.C2H6/c1-6-14(7-2)11-13(15)12-16-9-8-10-17(3,4)5;1-16(2,3)6-4-5-14-7-9(10)8-15(11,12)13;1-2/h13,15H,6-12H2,1-5H3;9-10H,4-8H2,1-3H3,(H,11,12,13);1-2H3. The summed E-state index contributed by atoms with van der Waals surface area (Å²) in [5.74, 6) is -0.666. The molecule has 3 N–H and O–H groups in total. The van der Waals surface area contributed by atoms with Crippen LogP contribution in [0.5, 0.6) is 0 Å². The largest absolute Gasteiger partial charge is 0.390 e. The van der Waals surface area contributed by atoms with Crippen molar-refractivity contribution in [3.8, 4) is 0 Å². The number of rotatable bonds is 18. The first-order valence-corrected chi connectivity index (χ1v) is 22.2. The maximum atomic E-state index is 10.4. The van der Waals surface area contributed by atoms with Crippen LogP contribution in [0.15, 0.2) is 0 Å². The minimum absolute atomic E-state index is 0.0501. The summed E-state index contributed by atoms with van der Waals surface area (Å²) >= 11 is 0. The van der Waals surface area contributed by atoms with E-state index in [9.17, 15) is 18.6 Å². The second-order valence-electron chi connectivity index (χ2n) is 11.0. The lowest BCUT2D eigenvalue weighted by Crippen LogP contribution is -2.34. The van der Waals surface area contributed by atoms with Gasteiger partial charge in [-0.3, -0.25) is 4.55 Å². The van der Waals surface area contributed by atoms with Crippen LogP contribution in [0.4, 0.5) is 0 Å². The van der Waals surface area contributed by atoms with Crippen LogP contribution in [-0.2, 0) is 19.6 Å². The second-order valence-corrected chi connectivity index (χ2v) is 23.8. The topological polar surface area (TPSA) is 117 Å². The van der Waals surface area contributed by atoms with Gasteiger partial charge in [-0.1, -0.05) is 79.1 Å². The van der Waals surface area contributed by atoms with Crippen LogP contribution < -0.4 is 0 Å². The highest BCUT2D eigenvalue weighted by Crippen LogP contribution is 2.11. The lowest BCUT2D eigenvalue weighted by molar-refractivity contribution is 0.0185. The molecule has 2 unspecified atom stereocenters. The van der Waals surface area contributed by atoms with Crippen LogP contribution in [-0.4, -0.2) is 108 Å². The Morgan fingerprint density at radius 3 is 1.46 bits per heavy atom. The van der Waals surface area contributed by atoms with Crippen molar-refractivity contribution in [3.63, 3.8) is 0 Å². The zero-order valence-corrected chi connectivity index (χ0v) is 27.3. The van der Waals surface area contributed by atoms with E-state index in [4.69, 9.17) is 14.0 Å². The summed E-state index contributed by atoms with van der Waals surface area (Å²) in [6.45, 7) is 26.6.